The fourth-order valence-corrected chi connectivity index (χ4v) is 5.01. The number of aromatic nitrogens is 2. The Hall–Kier alpha value is -1.93. The summed E-state index contributed by atoms with van der Waals surface area (Å²) in [6, 6.07) is 2.82. The molecule has 0 radical (unpaired) electrons. The Balaban J connectivity index is 1.80. The van der Waals surface area contributed by atoms with E-state index in [0.717, 1.165) is 28.0 Å². The van der Waals surface area contributed by atoms with Gasteiger partial charge < -0.3 is 9.72 Å². The van der Waals surface area contributed by atoms with E-state index in [-0.39, 0.29) is 10.4 Å². The molecule has 4 nitrogen and oxygen atoms in total. The van der Waals surface area contributed by atoms with Crippen LogP contribution in [0, 0.1) is 0 Å². The zero-order valence-corrected chi connectivity index (χ0v) is 15.9. The molecule has 0 unspecified atom stereocenters. The van der Waals surface area contributed by atoms with Gasteiger partial charge in [-0.2, -0.15) is 0 Å². The first-order valence-corrected chi connectivity index (χ1v) is 9.31. The lowest BCUT2D eigenvalue weighted by atomic mass is 9.73. The molecule has 0 amide bonds. The molecule has 0 atom stereocenters. The number of thioether (sulfide) groups is 1. The summed E-state index contributed by atoms with van der Waals surface area (Å²) in [6.45, 7) is 4.14. The highest BCUT2D eigenvalue weighted by Crippen LogP contribution is 2.53. The van der Waals surface area contributed by atoms with Gasteiger partial charge in [-0.3, -0.25) is 0 Å². The number of rotatable bonds is 1. The number of fused-ring (bicyclic) bond motifs is 3. The van der Waals surface area contributed by atoms with Gasteiger partial charge in [-0.1, -0.05) is 37.2 Å². The van der Waals surface area contributed by atoms with Crippen LogP contribution in [-0.4, -0.2) is 16.3 Å². The largest absolute Gasteiger partial charge is 0.573 e. The van der Waals surface area contributed by atoms with Crippen molar-refractivity contribution in [3.63, 3.8) is 0 Å². The van der Waals surface area contributed by atoms with Gasteiger partial charge in [0.25, 0.3) is 0 Å². The SMILES string of the molecule is CC1(C)CC2=C(Sc3cc(OC(F)(F)F)c(Cl)cc3C2)c2[nH]c(=O)ncc21. The molecule has 0 saturated heterocycles. The Morgan fingerprint density at radius 3 is 2.78 bits per heavy atom. The number of benzene rings is 1. The maximum atomic E-state index is 12.6. The van der Waals surface area contributed by atoms with Gasteiger partial charge in [0.1, 0.15) is 5.75 Å². The Labute approximate surface area is 161 Å². The number of halogens is 4. The summed E-state index contributed by atoms with van der Waals surface area (Å²) in [5.74, 6) is -0.431. The zero-order valence-electron chi connectivity index (χ0n) is 14.3. The minimum Gasteiger partial charge on any atom is -0.404 e. The lowest BCUT2D eigenvalue weighted by Gasteiger charge is -2.37. The quantitative estimate of drug-likeness (QED) is 0.708. The van der Waals surface area contributed by atoms with Crippen LogP contribution in [0.3, 0.4) is 0 Å². The van der Waals surface area contributed by atoms with Crippen LogP contribution in [0.25, 0.3) is 4.91 Å². The van der Waals surface area contributed by atoms with Crippen LogP contribution in [0.2, 0.25) is 5.02 Å². The third-order valence-corrected chi connectivity index (χ3v) is 6.29. The van der Waals surface area contributed by atoms with Gasteiger partial charge >= 0.3 is 12.1 Å². The van der Waals surface area contributed by atoms with Gasteiger partial charge in [-0.25, -0.2) is 9.78 Å². The smallest absolute Gasteiger partial charge is 0.404 e. The summed E-state index contributed by atoms with van der Waals surface area (Å²) in [5.41, 5.74) is 2.89. The van der Waals surface area contributed by atoms with E-state index in [2.05, 4.69) is 28.6 Å². The van der Waals surface area contributed by atoms with Crippen LogP contribution in [-0.2, 0) is 11.8 Å². The van der Waals surface area contributed by atoms with Crippen LogP contribution in [0.4, 0.5) is 13.2 Å². The van der Waals surface area contributed by atoms with Gasteiger partial charge in [0.15, 0.2) is 0 Å². The predicted molar refractivity (Wildman–Crippen MR) is 97.1 cm³/mol. The van der Waals surface area contributed by atoms with Crippen LogP contribution in [0.1, 0.15) is 37.1 Å². The van der Waals surface area contributed by atoms with E-state index in [1.807, 2.05) is 0 Å². The minimum absolute atomic E-state index is 0.0798. The van der Waals surface area contributed by atoms with E-state index in [1.165, 1.54) is 23.9 Å². The Kier molecular flexibility index (Phi) is 4.12. The molecule has 2 aromatic rings. The monoisotopic (exact) mass is 414 g/mol. The highest BCUT2D eigenvalue weighted by molar-refractivity contribution is 8.08. The molecule has 0 spiro atoms. The number of alkyl halides is 3. The average Bonchev–Trinajstić information content (AvgIpc) is 2.52. The number of allylic oxidation sites excluding steroid dienone is 1. The van der Waals surface area contributed by atoms with Gasteiger partial charge in [-0.05, 0) is 41.5 Å². The number of H-pyrrole nitrogens is 1. The van der Waals surface area contributed by atoms with E-state index >= 15 is 0 Å². The number of nitrogens with zero attached hydrogens (tertiary/aromatic N) is 1. The van der Waals surface area contributed by atoms with Crippen molar-refractivity contribution in [2.24, 2.45) is 0 Å². The topological polar surface area (TPSA) is 55.0 Å². The summed E-state index contributed by atoms with van der Waals surface area (Å²) in [5, 5.41) is -0.0798. The molecule has 1 aromatic carbocycles. The first-order valence-electron chi connectivity index (χ1n) is 8.12. The normalized spacial score (nSPS) is 17.9. The average molecular weight is 415 g/mol. The molecule has 0 saturated carbocycles. The highest BCUT2D eigenvalue weighted by atomic mass is 35.5. The maximum Gasteiger partial charge on any atom is 0.573 e. The molecule has 1 aliphatic carbocycles. The minimum atomic E-state index is -4.82. The lowest BCUT2D eigenvalue weighted by Crippen LogP contribution is -2.29. The van der Waals surface area contributed by atoms with Crippen molar-refractivity contribution in [2.45, 2.75) is 43.4 Å². The first-order chi connectivity index (χ1) is 12.5. The van der Waals surface area contributed by atoms with E-state index in [9.17, 15) is 18.0 Å². The van der Waals surface area contributed by atoms with Gasteiger partial charge in [0.05, 0.1) is 10.7 Å². The van der Waals surface area contributed by atoms with Crippen LogP contribution in [0.15, 0.2) is 33.6 Å². The second kappa shape index (κ2) is 6.04. The van der Waals surface area contributed by atoms with Gasteiger partial charge in [0, 0.05) is 21.6 Å². The predicted octanol–water partition coefficient (Wildman–Crippen LogP) is 5.06. The summed E-state index contributed by atoms with van der Waals surface area (Å²) < 4.78 is 41.8. The number of ether oxygens (including phenoxy) is 1. The van der Waals surface area contributed by atoms with Crippen molar-refractivity contribution in [3.05, 3.63) is 56.2 Å². The van der Waals surface area contributed by atoms with Gasteiger partial charge in [0.2, 0.25) is 0 Å². The number of hydrogen-bond donors (Lipinski definition) is 1. The van der Waals surface area contributed by atoms with Crippen molar-refractivity contribution in [1.82, 2.24) is 9.97 Å². The molecule has 2 aliphatic rings. The summed E-state index contributed by atoms with van der Waals surface area (Å²) in [4.78, 5) is 19.9. The van der Waals surface area contributed by atoms with Crippen LogP contribution < -0.4 is 10.4 Å². The number of hydrogen-bond acceptors (Lipinski definition) is 4. The maximum absolute atomic E-state index is 12.6. The zero-order chi connectivity index (χ0) is 19.6. The van der Waals surface area contributed by atoms with E-state index in [0.29, 0.717) is 17.0 Å². The summed E-state index contributed by atoms with van der Waals surface area (Å²) in [7, 11) is 0. The molecule has 1 aliphatic heterocycles. The second-order valence-corrected chi connectivity index (χ2v) is 8.65. The van der Waals surface area contributed by atoms with Crippen molar-refractivity contribution in [3.8, 4) is 5.75 Å². The molecular weight excluding hydrogens is 401 g/mol. The molecule has 1 N–H and O–H groups in total. The summed E-state index contributed by atoms with van der Waals surface area (Å²) in [6.07, 6.45) is -1.93. The molecule has 0 fully saturated rings. The molecule has 9 heteroatoms. The fourth-order valence-electron chi connectivity index (χ4n) is 3.59. The van der Waals surface area contributed by atoms with Crippen molar-refractivity contribution >= 4 is 28.3 Å². The highest BCUT2D eigenvalue weighted by Gasteiger charge is 2.37. The van der Waals surface area contributed by atoms with Crippen molar-refractivity contribution in [1.29, 1.82) is 0 Å². The van der Waals surface area contributed by atoms with Crippen molar-refractivity contribution < 1.29 is 17.9 Å². The molecular formula is C18H14ClF3N2O2S. The molecule has 2 heterocycles. The van der Waals surface area contributed by atoms with E-state index < -0.39 is 17.8 Å². The Bertz CT molecular complexity index is 1040. The first kappa shape index (κ1) is 18.4. The van der Waals surface area contributed by atoms with E-state index in [1.54, 1.807) is 6.20 Å². The Morgan fingerprint density at radius 1 is 1.33 bits per heavy atom. The standard InChI is InChI=1S/C18H14ClF3N2O2S/c1-17(2)6-9-3-8-4-11(19)12(26-18(20,21)22)5-13(8)27-15(9)14-10(17)7-23-16(25)24-14/h4-5,7H,3,6H2,1-2H3,(H,23,24,25). The molecule has 0 bridgehead atoms. The van der Waals surface area contributed by atoms with E-state index in [4.69, 9.17) is 11.6 Å². The molecule has 27 heavy (non-hydrogen) atoms. The van der Waals surface area contributed by atoms with Crippen LogP contribution in [0.5, 0.6) is 5.75 Å². The lowest BCUT2D eigenvalue weighted by molar-refractivity contribution is -0.274. The third kappa shape index (κ3) is 3.36. The second-order valence-electron chi connectivity index (χ2n) is 7.19. The molecule has 1 aromatic heterocycles. The molecule has 142 valence electrons. The number of nitrogens with one attached hydrogen (secondary N) is 1. The fraction of sp³-hybridized carbons (Fsp3) is 0.333. The third-order valence-electron chi connectivity index (χ3n) is 4.70. The number of aromatic amines is 1. The van der Waals surface area contributed by atoms with Crippen LogP contribution >= 0.6 is 23.4 Å². The molecule has 4 rings (SSSR count). The van der Waals surface area contributed by atoms with Crippen molar-refractivity contribution in [2.75, 3.05) is 0 Å². The summed E-state index contributed by atoms with van der Waals surface area (Å²) >= 11 is 7.31. The van der Waals surface area contributed by atoms with Gasteiger partial charge in [-0.15, -0.1) is 13.2 Å². The Morgan fingerprint density at radius 2 is 2.07 bits per heavy atom.